The molecule has 6 atom stereocenters. The van der Waals surface area contributed by atoms with E-state index in [-0.39, 0.29) is 36.8 Å². The van der Waals surface area contributed by atoms with Crippen LogP contribution in [0.1, 0.15) is 62.5 Å². The van der Waals surface area contributed by atoms with E-state index in [1.54, 1.807) is 0 Å². The summed E-state index contributed by atoms with van der Waals surface area (Å²) in [5.41, 5.74) is -3.48. The van der Waals surface area contributed by atoms with Gasteiger partial charge < -0.3 is 20.1 Å². The molecule has 8 rings (SSSR count). The minimum Gasteiger partial charge on any atom is -0.381 e. The van der Waals surface area contributed by atoms with Crippen LogP contribution in [0.25, 0.3) is 22.3 Å². The predicted molar refractivity (Wildman–Crippen MR) is 225 cm³/mol. The summed E-state index contributed by atoms with van der Waals surface area (Å²) >= 11 is 0. The second-order valence-corrected chi connectivity index (χ2v) is 21.5. The zero-order chi connectivity index (χ0) is 49.5. The number of sulfone groups is 2. The summed E-state index contributed by atoms with van der Waals surface area (Å²) < 4.78 is 148. The topological polar surface area (TPSA) is 244 Å². The van der Waals surface area contributed by atoms with Crippen LogP contribution in [-0.4, -0.2) is 97.0 Å². The summed E-state index contributed by atoms with van der Waals surface area (Å²) in [6.45, 7) is 0. The van der Waals surface area contributed by atoms with Crippen molar-refractivity contribution in [3.63, 3.8) is 0 Å². The predicted octanol–water partition coefficient (Wildman–Crippen LogP) is 5.80. The van der Waals surface area contributed by atoms with E-state index in [9.17, 15) is 63.3 Å². The Labute approximate surface area is 386 Å². The number of nitriles is 2. The molecule has 4 saturated carbocycles. The van der Waals surface area contributed by atoms with E-state index in [1.165, 1.54) is 63.3 Å². The van der Waals surface area contributed by atoms with Gasteiger partial charge in [0.25, 0.3) is 0 Å². The van der Waals surface area contributed by atoms with Gasteiger partial charge in [-0.1, -0.05) is 12.1 Å². The molecule has 2 N–H and O–H groups in total. The number of methoxy groups -OCH3 is 2. The molecule has 0 saturated heterocycles. The van der Waals surface area contributed by atoms with Gasteiger partial charge >= 0.3 is 12.4 Å². The molecular formula is C44H42F6N8O8S2. The molecule has 2 aromatic heterocycles. The van der Waals surface area contributed by atoms with Crippen molar-refractivity contribution in [3.05, 3.63) is 84.4 Å². The average Bonchev–Trinajstić information content (AvgIpc) is 4.17. The van der Waals surface area contributed by atoms with E-state index >= 15 is 0 Å². The first kappa shape index (κ1) is 49.8. The zero-order valence-electron chi connectivity index (χ0n) is 36.1. The average molecular weight is 989 g/mol. The van der Waals surface area contributed by atoms with Crippen LogP contribution in [0, 0.1) is 34.5 Å². The lowest BCUT2D eigenvalue weighted by Gasteiger charge is -2.19. The normalized spacial score (nSPS) is 23.8. The lowest BCUT2D eigenvalue weighted by molar-refractivity contribution is -0.140. The van der Waals surface area contributed by atoms with Crippen molar-refractivity contribution in [1.82, 2.24) is 31.0 Å². The van der Waals surface area contributed by atoms with E-state index in [0.717, 1.165) is 24.3 Å². The molecule has 2 aromatic carbocycles. The third-order valence-electron chi connectivity index (χ3n) is 12.7. The fraction of sp³-hybridized carbons (Fsp3) is 0.455. The minimum atomic E-state index is -4.93. The SMILES string of the molecule is CO[C@@H]1C[C@H](S(=O)(=O)c2ccc(-c3ccnnc3)cc2C(F)(F)F)C[C@H]1C(=O)NC1(C#N)CC1.CO[C@H]1C[C@@H](S(=O)(=O)c2ccc(-c3ccnnc3)cc2C(F)(F)F)C[C@@H]1C(=O)NC1(C#N)CC1. The van der Waals surface area contributed by atoms with Crippen molar-refractivity contribution in [2.75, 3.05) is 14.2 Å². The van der Waals surface area contributed by atoms with Gasteiger partial charge in [-0.05, 0) is 98.9 Å². The van der Waals surface area contributed by atoms with Gasteiger partial charge in [0.15, 0.2) is 19.7 Å². The minimum absolute atomic E-state index is 0.135. The second kappa shape index (κ2) is 18.8. The first-order valence-corrected chi connectivity index (χ1v) is 24.1. The Morgan fingerprint density at radius 3 is 1.25 bits per heavy atom. The quantitative estimate of drug-likeness (QED) is 0.159. The Morgan fingerprint density at radius 1 is 0.603 bits per heavy atom. The fourth-order valence-corrected chi connectivity index (χ4v) is 12.6. The second-order valence-electron chi connectivity index (χ2n) is 17.1. The summed E-state index contributed by atoms with van der Waals surface area (Å²) in [5.74, 6) is -2.85. The van der Waals surface area contributed by atoms with Crippen molar-refractivity contribution in [3.8, 4) is 34.4 Å². The van der Waals surface area contributed by atoms with E-state index in [1.807, 2.05) is 12.1 Å². The van der Waals surface area contributed by atoms with Crippen molar-refractivity contribution < 1.29 is 62.2 Å². The van der Waals surface area contributed by atoms with Gasteiger partial charge in [-0.15, -0.1) is 0 Å². The Hall–Kier alpha value is -6.08. The number of rotatable bonds is 12. The summed E-state index contributed by atoms with van der Waals surface area (Å²) in [7, 11) is -6.30. The summed E-state index contributed by atoms with van der Waals surface area (Å²) in [6.07, 6.45) is -4.97. The number of alkyl halides is 6. The van der Waals surface area contributed by atoms with Crippen LogP contribution in [0.5, 0.6) is 0 Å². The molecule has 4 aromatic rings. The van der Waals surface area contributed by atoms with Gasteiger partial charge in [0, 0.05) is 25.3 Å². The molecule has 0 radical (unpaired) electrons. The maximum atomic E-state index is 13.9. The van der Waals surface area contributed by atoms with Crippen molar-refractivity contribution in [2.45, 2.75) is 107 Å². The Kier molecular flexibility index (Phi) is 13.8. The number of nitrogens with one attached hydrogen (secondary N) is 2. The third-order valence-corrected chi connectivity index (χ3v) is 17.2. The molecule has 0 spiro atoms. The number of aromatic nitrogens is 4. The molecule has 2 amide bonds. The smallest absolute Gasteiger partial charge is 0.381 e. The van der Waals surface area contributed by atoms with Crippen LogP contribution < -0.4 is 10.6 Å². The van der Waals surface area contributed by atoms with Crippen molar-refractivity contribution in [1.29, 1.82) is 10.5 Å². The number of carbonyl (C=O) groups is 2. The fourth-order valence-electron chi connectivity index (χ4n) is 8.57. The molecule has 0 aliphatic heterocycles. The van der Waals surface area contributed by atoms with E-state index < -0.39 is 110 Å². The number of hydrogen-bond donors (Lipinski definition) is 2. The number of carbonyl (C=O) groups excluding carboxylic acids is 2. The number of halogens is 6. The number of amides is 2. The van der Waals surface area contributed by atoms with Crippen LogP contribution in [-0.2, 0) is 51.1 Å². The number of ether oxygens (including phenoxy) is 2. The molecule has 4 fully saturated rings. The van der Waals surface area contributed by atoms with Crippen LogP contribution in [0.4, 0.5) is 26.3 Å². The third kappa shape index (κ3) is 10.3. The van der Waals surface area contributed by atoms with Crippen LogP contribution in [0.2, 0.25) is 0 Å². The molecular weight excluding hydrogens is 947 g/mol. The standard InChI is InChI=1S/2C22H21F3N4O4S/c2*1-33-18-10-15(9-16(18)20(30)29-21(12-26)5-6-21)34(31,32)19-3-2-13(8-17(19)22(23,24)25)14-4-7-27-28-11-14/h2*2-4,7-8,11,15-16,18H,5-6,9-10H2,1H3,(H,29,30)/t2*15-,16-,18-/m10/s1. The lowest BCUT2D eigenvalue weighted by atomic mass is 10.0. The highest BCUT2D eigenvalue weighted by Crippen LogP contribution is 2.45. The summed E-state index contributed by atoms with van der Waals surface area (Å²) in [6, 6.07) is 13.0. The maximum Gasteiger partial charge on any atom is 0.417 e. The van der Waals surface area contributed by atoms with Crippen LogP contribution >= 0.6 is 0 Å². The van der Waals surface area contributed by atoms with Gasteiger partial charge in [-0.3, -0.25) is 9.59 Å². The summed E-state index contributed by atoms with van der Waals surface area (Å²) in [5, 5.41) is 35.6. The molecule has 24 heteroatoms. The van der Waals surface area contributed by atoms with Crippen molar-refractivity contribution in [2.24, 2.45) is 11.8 Å². The highest BCUT2D eigenvalue weighted by atomic mass is 32.2. The van der Waals surface area contributed by atoms with Gasteiger partial charge in [0.1, 0.15) is 11.1 Å². The monoisotopic (exact) mass is 988 g/mol. The van der Waals surface area contributed by atoms with Gasteiger partial charge in [0.05, 0.1) is 92.4 Å². The lowest BCUT2D eigenvalue weighted by Crippen LogP contribution is -2.42. The molecule has 2 heterocycles. The van der Waals surface area contributed by atoms with E-state index in [2.05, 4.69) is 31.0 Å². The Balaban J connectivity index is 0.000000201. The number of hydrogen-bond acceptors (Lipinski definition) is 14. The number of benzene rings is 2. The number of nitrogens with zero attached hydrogens (tertiary/aromatic N) is 6. The molecule has 4 aliphatic rings. The molecule has 4 aliphatic carbocycles. The van der Waals surface area contributed by atoms with Crippen LogP contribution in [0.15, 0.2) is 83.1 Å². The highest BCUT2D eigenvalue weighted by Gasteiger charge is 2.53. The van der Waals surface area contributed by atoms with E-state index in [0.29, 0.717) is 36.8 Å². The van der Waals surface area contributed by atoms with Gasteiger partial charge in [0.2, 0.25) is 11.8 Å². The first-order chi connectivity index (χ1) is 32.0. The molecule has 68 heavy (non-hydrogen) atoms. The van der Waals surface area contributed by atoms with Crippen LogP contribution in [0.3, 0.4) is 0 Å². The zero-order valence-corrected chi connectivity index (χ0v) is 37.7. The Bertz CT molecular complexity index is 2680. The maximum absolute atomic E-state index is 13.9. The molecule has 360 valence electrons. The van der Waals surface area contributed by atoms with Gasteiger partial charge in [-0.25, -0.2) is 16.8 Å². The molecule has 16 nitrogen and oxygen atoms in total. The van der Waals surface area contributed by atoms with E-state index in [4.69, 9.17) is 9.47 Å². The molecule has 0 bridgehead atoms. The summed E-state index contributed by atoms with van der Waals surface area (Å²) in [4.78, 5) is 23.8. The Morgan fingerprint density at radius 2 is 0.971 bits per heavy atom. The van der Waals surface area contributed by atoms with Gasteiger partial charge in [-0.2, -0.15) is 57.3 Å². The largest absolute Gasteiger partial charge is 0.417 e. The van der Waals surface area contributed by atoms with Crippen molar-refractivity contribution >= 4 is 31.5 Å². The molecule has 0 unspecified atom stereocenters. The first-order valence-electron chi connectivity index (χ1n) is 21.0. The highest BCUT2D eigenvalue weighted by molar-refractivity contribution is 7.92.